The fraction of sp³-hybridized carbons (Fsp3) is 0.686. The standard InChI is InChI=1S/C35H48O3/c1-31(23-36)17-18-32(2)19-20-34(4)28-12-11-25-21-26(38-30(37)24-9-7-6-8-10-24)13-15-33(25,3)27(28)14-16-35(34,5)29(32)22-31/h6-10,12,14,25-26,29,36H,11,13,15-23H2,1-5H3/t25-,26-,29?,31-,32-,33+,34-,35-/m1/s1. The van der Waals surface area contributed by atoms with Crippen LogP contribution in [0.4, 0.5) is 0 Å². The summed E-state index contributed by atoms with van der Waals surface area (Å²) in [5.41, 5.74) is 4.92. The van der Waals surface area contributed by atoms with E-state index in [0.29, 0.717) is 29.4 Å². The van der Waals surface area contributed by atoms with Gasteiger partial charge < -0.3 is 9.84 Å². The lowest BCUT2D eigenvalue weighted by molar-refractivity contribution is -0.148. The van der Waals surface area contributed by atoms with E-state index in [1.807, 2.05) is 30.3 Å². The van der Waals surface area contributed by atoms with Crippen LogP contribution in [-0.2, 0) is 4.74 Å². The number of esters is 1. The highest BCUT2D eigenvalue weighted by atomic mass is 16.5. The Morgan fingerprint density at radius 3 is 2.42 bits per heavy atom. The van der Waals surface area contributed by atoms with E-state index >= 15 is 0 Å². The third-order valence-electron chi connectivity index (χ3n) is 13.0. The molecule has 8 atom stereocenters. The van der Waals surface area contributed by atoms with Gasteiger partial charge in [-0.05, 0) is 126 Å². The van der Waals surface area contributed by atoms with Gasteiger partial charge in [0.15, 0.2) is 0 Å². The highest BCUT2D eigenvalue weighted by molar-refractivity contribution is 5.89. The first kappa shape index (κ1) is 26.4. The summed E-state index contributed by atoms with van der Waals surface area (Å²) in [5.74, 6) is 0.977. The molecule has 6 rings (SSSR count). The van der Waals surface area contributed by atoms with Crippen LogP contribution in [0.2, 0.25) is 0 Å². The third kappa shape index (κ3) is 3.74. The van der Waals surface area contributed by atoms with Crippen molar-refractivity contribution in [3.8, 4) is 0 Å². The predicted molar refractivity (Wildman–Crippen MR) is 153 cm³/mol. The van der Waals surface area contributed by atoms with Crippen molar-refractivity contribution < 1.29 is 14.6 Å². The molecule has 0 aromatic heterocycles. The van der Waals surface area contributed by atoms with Crippen LogP contribution in [0.15, 0.2) is 53.6 Å². The second kappa shape index (κ2) is 8.82. The maximum atomic E-state index is 12.8. The Kier molecular flexibility index (Phi) is 6.12. The van der Waals surface area contributed by atoms with E-state index in [2.05, 4.69) is 46.8 Å². The number of benzene rings is 1. The molecule has 3 heteroatoms. The number of aliphatic hydroxyl groups excluding tert-OH is 1. The van der Waals surface area contributed by atoms with Gasteiger partial charge in [0.05, 0.1) is 5.56 Å². The third-order valence-corrected chi connectivity index (χ3v) is 13.0. The second-order valence-electron chi connectivity index (χ2n) is 15.1. The zero-order valence-corrected chi connectivity index (χ0v) is 24.3. The number of carbonyl (C=O) groups is 1. The largest absolute Gasteiger partial charge is 0.459 e. The normalized spacial score (nSPS) is 45.9. The van der Waals surface area contributed by atoms with Gasteiger partial charge in [-0.3, -0.25) is 0 Å². The van der Waals surface area contributed by atoms with Crippen molar-refractivity contribution in [2.75, 3.05) is 6.61 Å². The van der Waals surface area contributed by atoms with E-state index in [4.69, 9.17) is 4.74 Å². The first-order chi connectivity index (χ1) is 18.0. The van der Waals surface area contributed by atoms with Gasteiger partial charge in [-0.1, -0.05) is 65.0 Å². The van der Waals surface area contributed by atoms with Gasteiger partial charge in [0.25, 0.3) is 0 Å². The molecule has 206 valence electrons. The Hall–Kier alpha value is -1.87. The smallest absolute Gasteiger partial charge is 0.338 e. The van der Waals surface area contributed by atoms with Gasteiger partial charge in [0.2, 0.25) is 0 Å². The van der Waals surface area contributed by atoms with Crippen LogP contribution in [0.25, 0.3) is 0 Å². The van der Waals surface area contributed by atoms with Crippen LogP contribution >= 0.6 is 0 Å². The number of rotatable bonds is 3. The molecule has 5 aliphatic carbocycles. The van der Waals surface area contributed by atoms with Crippen LogP contribution < -0.4 is 0 Å². The van der Waals surface area contributed by atoms with E-state index in [1.165, 1.54) is 19.3 Å². The lowest BCUT2D eigenvalue weighted by Crippen LogP contribution is -2.60. The van der Waals surface area contributed by atoms with E-state index in [1.54, 1.807) is 11.1 Å². The molecule has 3 saturated carbocycles. The quantitative estimate of drug-likeness (QED) is 0.411. The number of hydrogen-bond acceptors (Lipinski definition) is 3. The first-order valence-corrected chi connectivity index (χ1v) is 15.3. The summed E-state index contributed by atoms with van der Waals surface area (Å²) in [6, 6.07) is 9.43. The van der Waals surface area contributed by atoms with Gasteiger partial charge in [-0.25, -0.2) is 4.79 Å². The fourth-order valence-corrected chi connectivity index (χ4v) is 9.88. The summed E-state index contributed by atoms with van der Waals surface area (Å²) in [7, 11) is 0. The van der Waals surface area contributed by atoms with Crippen LogP contribution in [0.1, 0.15) is 109 Å². The van der Waals surface area contributed by atoms with Gasteiger partial charge in [-0.15, -0.1) is 0 Å². The lowest BCUT2D eigenvalue weighted by atomic mass is 9.36. The Balaban J connectivity index is 1.27. The summed E-state index contributed by atoms with van der Waals surface area (Å²) >= 11 is 0. The van der Waals surface area contributed by atoms with Crippen LogP contribution in [0, 0.1) is 38.9 Å². The van der Waals surface area contributed by atoms with Crippen molar-refractivity contribution in [2.24, 2.45) is 38.9 Å². The summed E-state index contributed by atoms with van der Waals surface area (Å²) in [5, 5.41) is 10.3. The Bertz CT molecular complexity index is 1170. The fourth-order valence-electron chi connectivity index (χ4n) is 9.88. The topological polar surface area (TPSA) is 46.5 Å². The highest BCUT2D eigenvalue weighted by Gasteiger charge is 2.64. The number of aliphatic hydroxyl groups is 1. The molecule has 0 bridgehead atoms. The Morgan fingerprint density at radius 1 is 0.947 bits per heavy atom. The number of ether oxygens (including phenoxy) is 1. The van der Waals surface area contributed by atoms with Crippen molar-refractivity contribution in [3.63, 3.8) is 0 Å². The molecule has 1 aromatic rings. The van der Waals surface area contributed by atoms with Crippen LogP contribution in [-0.4, -0.2) is 23.8 Å². The van der Waals surface area contributed by atoms with E-state index < -0.39 is 0 Å². The van der Waals surface area contributed by atoms with E-state index in [-0.39, 0.29) is 33.7 Å². The van der Waals surface area contributed by atoms with Gasteiger partial charge in [0, 0.05) is 6.61 Å². The number of fused-ring (bicyclic) bond motifs is 7. The first-order valence-electron chi connectivity index (χ1n) is 15.3. The van der Waals surface area contributed by atoms with Crippen molar-refractivity contribution >= 4 is 5.97 Å². The molecule has 1 N–H and O–H groups in total. The minimum absolute atomic E-state index is 0.00885. The van der Waals surface area contributed by atoms with Crippen molar-refractivity contribution in [1.29, 1.82) is 0 Å². The van der Waals surface area contributed by atoms with E-state index in [9.17, 15) is 9.90 Å². The molecule has 0 amide bonds. The minimum atomic E-state index is -0.181. The molecule has 0 saturated heterocycles. The second-order valence-corrected chi connectivity index (χ2v) is 15.1. The van der Waals surface area contributed by atoms with Gasteiger partial charge in [0.1, 0.15) is 6.10 Å². The Morgan fingerprint density at radius 2 is 1.68 bits per heavy atom. The minimum Gasteiger partial charge on any atom is -0.459 e. The van der Waals surface area contributed by atoms with Crippen molar-refractivity contribution in [2.45, 2.75) is 105 Å². The molecular weight excluding hydrogens is 468 g/mol. The number of carbonyl (C=O) groups excluding carboxylic acids is 1. The summed E-state index contributed by atoms with van der Waals surface area (Å²) in [6.45, 7) is 12.9. The number of hydrogen-bond donors (Lipinski definition) is 1. The molecule has 0 radical (unpaired) electrons. The molecule has 5 aliphatic rings. The molecule has 0 spiro atoms. The average Bonchev–Trinajstić information content (AvgIpc) is 2.91. The summed E-state index contributed by atoms with van der Waals surface area (Å²) < 4.78 is 6.03. The summed E-state index contributed by atoms with van der Waals surface area (Å²) in [4.78, 5) is 12.8. The maximum absolute atomic E-state index is 12.8. The van der Waals surface area contributed by atoms with Gasteiger partial charge >= 0.3 is 5.97 Å². The maximum Gasteiger partial charge on any atom is 0.338 e. The zero-order valence-electron chi connectivity index (χ0n) is 24.3. The molecular formula is C35H48O3. The molecule has 3 nitrogen and oxygen atoms in total. The Labute approximate surface area is 230 Å². The SMILES string of the molecule is C[C@@]1(CO)CC[C@]2(C)CC[C@]3(C)C4=CC[C@@H]5C[C@H](OC(=O)c6ccccc6)CC[C@]5(C)C4=CC[C@]3(C)C2C1. The van der Waals surface area contributed by atoms with Crippen molar-refractivity contribution in [3.05, 3.63) is 59.2 Å². The molecule has 0 heterocycles. The lowest BCUT2D eigenvalue weighted by Gasteiger charge is -2.68. The predicted octanol–water partition coefficient (Wildman–Crippen LogP) is 8.29. The monoisotopic (exact) mass is 516 g/mol. The van der Waals surface area contributed by atoms with E-state index in [0.717, 1.165) is 44.9 Å². The van der Waals surface area contributed by atoms with Crippen LogP contribution in [0.3, 0.4) is 0 Å². The zero-order chi connectivity index (χ0) is 27.0. The molecule has 38 heavy (non-hydrogen) atoms. The molecule has 3 fully saturated rings. The number of allylic oxidation sites excluding steroid dienone is 4. The van der Waals surface area contributed by atoms with Crippen molar-refractivity contribution in [1.82, 2.24) is 0 Å². The molecule has 1 aromatic carbocycles. The average molecular weight is 517 g/mol. The van der Waals surface area contributed by atoms with Crippen LogP contribution in [0.5, 0.6) is 0 Å². The molecule has 1 unspecified atom stereocenters. The highest BCUT2D eigenvalue weighted by Crippen LogP contribution is 2.73. The molecule has 0 aliphatic heterocycles. The van der Waals surface area contributed by atoms with Gasteiger partial charge in [-0.2, -0.15) is 0 Å². The summed E-state index contributed by atoms with van der Waals surface area (Å²) in [6.07, 6.45) is 16.6.